The number of nitrogens with zero attached hydrogens (tertiary/aromatic N) is 2. The fraction of sp³-hybridized carbons (Fsp3) is 0.400. The molecule has 4 amide bonds. The molecule has 4 unspecified atom stereocenters. The molecule has 9 nitrogen and oxygen atoms in total. The highest BCUT2D eigenvalue weighted by molar-refractivity contribution is 8.00. The van der Waals surface area contributed by atoms with E-state index in [9.17, 15) is 14.4 Å². The molecule has 2 heterocycles. The summed E-state index contributed by atoms with van der Waals surface area (Å²) < 4.78 is 5.53. The highest BCUT2D eigenvalue weighted by atomic mass is 32.2. The number of carbonyl (C=O) groups is 3. The molecule has 4 rings (SSSR count). The molecule has 2 aliphatic rings. The number of hydrogen-bond donors (Lipinski definition) is 3. The molecule has 2 saturated heterocycles. The Morgan fingerprint density at radius 2 is 1.77 bits per heavy atom. The van der Waals surface area contributed by atoms with Gasteiger partial charge < -0.3 is 15.0 Å². The lowest BCUT2D eigenvalue weighted by molar-refractivity contribution is -0.140. The highest BCUT2D eigenvalue weighted by Crippen LogP contribution is 2.36. The van der Waals surface area contributed by atoms with E-state index >= 15 is 0 Å². The molecule has 2 fully saturated rings. The first-order chi connectivity index (χ1) is 16.9. The summed E-state index contributed by atoms with van der Waals surface area (Å²) in [6, 6.07) is 17.2. The van der Waals surface area contributed by atoms with Crippen LogP contribution < -0.4 is 20.7 Å². The molecule has 2 aromatic rings. The maximum absolute atomic E-state index is 13.1. The second kappa shape index (κ2) is 11.1. The van der Waals surface area contributed by atoms with E-state index in [0.717, 1.165) is 22.4 Å². The summed E-state index contributed by atoms with van der Waals surface area (Å²) in [5.41, 5.74) is 2.02. The van der Waals surface area contributed by atoms with E-state index in [2.05, 4.69) is 16.0 Å². The van der Waals surface area contributed by atoms with E-state index in [1.54, 1.807) is 19.1 Å². The van der Waals surface area contributed by atoms with Gasteiger partial charge in [-0.2, -0.15) is 0 Å². The summed E-state index contributed by atoms with van der Waals surface area (Å²) in [6.07, 6.45) is -0.155. The molecule has 2 aliphatic heterocycles. The molecular formula is C25H31N5O4S. The first-order valence-electron chi connectivity index (χ1n) is 11.5. The summed E-state index contributed by atoms with van der Waals surface area (Å²) in [6.45, 7) is 0.540. The molecular weight excluding hydrogens is 466 g/mol. The van der Waals surface area contributed by atoms with E-state index in [1.165, 1.54) is 18.8 Å². The van der Waals surface area contributed by atoms with Crippen molar-refractivity contribution in [3.05, 3.63) is 65.7 Å². The van der Waals surface area contributed by atoms with Crippen LogP contribution >= 0.6 is 11.8 Å². The zero-order valence-electron chi connectivity index (χ0n) is 20.1. The van der Waals surface area contributed by atoms with Gasteiger partial charge in [-0.05, 0) is 18.1 Å². The van der Waals surface area contributed by atoms with Gasteiger partial charge in [0.05, 0.1) is 36.5 Å². The van der Waals surface area contributed by atoms with Crippen LogP contribution in [0.5, 0.6) is 5.75 Å². The Morgan fingerprint density at radius 3 is 2.51 bits per heavy atom. The summed E-state index contributed by atoms with van der Waals surface area (Å²) in [5.74, 6) is -0.0678. The zero-order valence-corrected chi connectivity index (χ0v) is 20.9. The van der Waals surface area contributed by atoms with Gasteiger partial charge >= 0.3 is 6.03 Å². The van der Waals surface area contributed by atoms with Crippen LogP contribution in [0.25, 0.3) is 0 Å². The molecule has 10 heteroatoms. The molecule has 186 valence electrons. The van der Waals surface area contributed by atoms with Gasteiger partial charge in [-0.25, -0.2) is 4.79 Å². The van der Waals surface area contributed by atoms with Gasteiger partial charge in [0.1, 0.15) is 5.75 Å². The number of amides is 4. The van der Waals surface area contributed by atoms with E-state index < -0.39 is 17.5 Å². The lowest BCUT2D eigenvalue weighted by Gasteiger charge is -2.50. The van der Waals surface area contributed by atoms with Gasteiger partial charge in [-0.15, -0.1) is 11.8 Å². The number of benzene rings is 2. The summed E-state index contributed by atoms with van der Waals surface area (Å²) in [5, 5.41) is 9.43. The SMILES string of the molecule is COc1ccccc1C1NC(SCC(=O)NCCc2ccccc2)C2C(=O)N(C)C(=O)N(C)C2N1. The van der Waals surface area contributed by atoms with Crippen molar-refractivity contribution in [2.75, 3.05) is 33.5 Å². The van der Waals surface area contributed by atoms with Gasteiger partial charge in [0.2, 0.25) is 11.8 Å². The third-order valence-corrected chi connectivity index (χ3v) is 7.60. The minimum atomic E-state index is -0.559. The zero-order chi connectivity index (χ0) is 24.9. The average Bonchev–Trinajstić information content (AvgIpc) is 2.89. The lowest BCUT2D eigenvalue weighted by atomic mass is 9.95. The van der Waals surface area contributed by atoms with Crippen LogP contribution in [-0.2, 0) is 16.0 Å². The van der Waals surface area contributed by atoms with Crippen molar-refractivity contribution < 1.29 is 19.1 Å². The molecule has 4 atom stereocenters. The van der Waals surface area contributed by atoms with Crippen LogP contribution in [0, 0.1) is 5.92 Å². The standard InChI is InChI=1S/C25H31N5O4S/c1-29-22-20(24(32)30(2)25(29)33)23(28-21(27-22)17-11-7-8-12-18(17)34-3)35-15-19(31)26-14-13-16-9-5-4-6-10-16/h4-12,20-23,27-28H,13-15H2,1-3H3,(H,26,31). The van der Waals surface area contributed by atoms with E-state index in [-0.39, 0.29) is 29.8 Å². The number of thioether (sulfide) groups is 1. The number of rotatable bonds is 8. The topological polar surface area (TPSA) is 103 Å². The van der Waals surface area contributed by atoms with Crippen molar-refractivity contribution in [2.45, 2.75) is 24.1 Å². The minimum Gasteiger partial charge on any atom is -0.496 e. The quantitative estimate of drug-likeness (QED) is 0.511. The van der Waals surface area contributed by atoms with Gasteiger partial charge in [0.25, 0.3) is 0 Å². The molecule has 0 saturated carbocycles. The molecule has 0 aliphatic carbocycles. The number of nitrogens with one attached hydrogen (secondary N) is 3. The van der Waals surface area contributed by atoms with Crippen molar-refractivity contribution in [1.82, 2.24) is 25.8 Å². The fourth-order valence-electron chi connectivity index (χ4n) is 4.49. The largest absolute Gasteiger partial charge is 0.496 e. The lowest BCUT2D eigenvalue weighted by Crippen LogP contribution is -2.72. The predicted molar refractivity (Wildman–Crippen MR) is 135 cm³/mol. The summed E-state index contributed by atoms with van der Waals surface area (Å²) in [4.78, 5) is 41.0. The Bertz CT molecular complexity index is 1070. The number of carbonyl (C=O) groups excluding carboxylic acids is 3. The van der Waals surface area contributed by atoms with E-state index in [0.29, 0.717) is 12.3 Å². The van der Waals surface area contributed by atoms with Crippen LogP contribution in [0.1, 0.15) is 17.3 Å². The van der Waals surface area contributed by atoms with Crippen molar-refractivity contribution in [1.29, 1.82) is 0 Å². The van der Waals surface area contributed by atoms with Crippen molar-refractivity contribution in [2.24, 2.45) is 5.92 Å². The number of ether oxygens (including phenoxy) is 1. The number of methoxy groups -OCH3 is 1. The Hall–Kier alpha value is -3.08. The number of urea groups is 1. The van der Waals surface area contributed by atoms with Crippen LogP contribution in [0.2, 0.25) is 0 Å². The van der Waals surface area contributed by atoms with Gasteiger partial charge in [-0.3, -0.25) is 25.1 Å². The third kappa shape index (κ3) is 5.44. The highest BCUT2D eigenvalue weighted by Gasteiger charge is 2.51. The molecule has 3 N–H and O–H groups in total. The first-order valence-corrected chi connectivity index (χ1v) is 12.6. The number of hydrogen-bond acceptors (Lipinski definition) is 7. The summed E-state index contributed by atoms with van der Waals surface area (Å²) in [7, 11) is 4.77. The Labute approximate surface area is 209 Å². The number of fused-ring (bicyclic) bond motifs is 1. The van der Waals surface area contributed by atoms with Crippen LogP contribution in [0.4, 0.5) is 4.79 Å². The maximum atomic E-state index is 13.1. The second-order valence-corrected chi connectivity index (χ2v) is 9.72. The first kappa shape index (κ1) is 25.0. The molecule has 0 radical (unpaired) electrons. The van der Waals surface area contributed by atoms with Crippen molar-refractivity contribution >= 4 is 29.6 Å². The van der Waals surface area contributed by atoms with Crippen LogP contribution in [0.3, 0.4) is 0 Å². The maximum Gasteiger partial charge on any atom is 0.327 e. The molecule has 0 aromatic heterocycles. The molecule has 0 bridgehead atoms. The minimum absolute atomic E-state index is 0.0994. The average molecular weight is 498 g/mol. The third-order valence-electron chi connectivity index (χ3n) is 6.38. The normalized spacial score (nSPS) is 24.2. The Morgan fingerprint density at radius 1 is 1.06 bits per heavy atom. The van der Waals surface area contributed by atoms with Crippen LogP contribution in [-0.4, -0.2) is 72.7 Å². The van der Waals surface area contributed by atoms with Crippen molar-refractivity contribution in [3.63, 3.8) is 0 Å². The molecule has 35 heavy (non-hydrogen) atoms. The monoisotopic (exact) mass is 497 g/mol. The predicted octanol–water partition coefficient (Wildman–Crippen LogP) is 1.77. The van der Waals surface area contributed by atoms with E-state index in [1.807, 2.05) is 54.6 Å². The van der Waals surface area contributed by atoms with Gasteiger partial charge in [0.15, 0.2) is 0 Å². The smallest absolute Gasteiger partial charge is 0.327 e. The van der Waals surface area contributed by atoms with E-state index in [4.69, 9.17) is 4.74 Å². The van der Waals surface area contributed by atoms with Crippen molar-refractivity contribution in [3.8, 4) is 5.75 Å². The Balaban J connectivity index is 1.47. The molecule has 2 aromatic carbocycles. The Kier molecular flexibility index (Phi) is 7.94. The molecule has 0 spiro atoms. The fourth-order valence-corrected chi connectivity index (χ4v) is 5.63. The second-order valence-electron chi connectivity index (χ2n) is 8.59. The number of para-hydroxylation sites is 1. The summed E-state index contributed by atoms with van der Waals surface area (Å²) >= 11 is 1.37. The van der Waals surface area contributed by atoms with Gasteiger partial charge in [-0.1, -0.05) is 48.5 Å². The number of imide groups is 1. The van der Waals surface area contributed by atoms with Gasteiger partial charge in [0, 0.05) is 26.2 Å². The van der Waals surface area contributed by atoms with Crippen LogP contribution in [0.15, 0.2) is 54.6 Å².